The molecule has 2 aliphatic carbocycles. The summed E-state index contributed by atoms with van der Waals surface area (Å²) in [6.45, 7) is 4.49. The van der Waals surface area contributed by atoms with E-state index in [9.17, 15) is 0 Å². The molecule has 0 saturated heterocycles. The minimum atomic E-state index is 0. The van der Waals surface area contributed by atoms with E-state index in [4.69, 9.17) is 4.74 Å². The summed E-state index contributed by atoms with van der Waals surface area (Å²) >= 11 is 0. The number of para-hydroxylation sites is 1. The number of aliphatic imine (C=N–C) groups is 1. The number of hydrogen-bond donors (Lipinski definition) is 2. The summed E-state index contributed by atoms with van der Waals surface area (Å²) in [5.41, 5.74) is 1.16. The highest BCUT2D eigenvalue weighted by Gasteiger charge is 2.23. The second-order valence-electron chi connectivity index (χ2n) is 5.98. The number of hydrogen-bond acceptors (Lipinski definition) is 2. The smallest absolute Gasteiger partial charge is 0.191 e. The van der Waals surface area contributed by atoms with E-state index in [1.165, 1.54) is 25.7 Å². The SMILES string of the molecule is CCNC(=NCc1ccccc1OCC1CC1)NC1CC1.I. The summed E-state index contributed by atoms with van der Waals surface area (Å²) in [6.07, 6.45) is 5.14. The van der Waals surface area contributed by atoms with Crippen molar-refractivity contribution in [3.8, 4) is 5.75 Å². The van der Waals surface area contributed by atoms with Gasteiger partial charge in [0.05, 0.1) is 13.2 Å². The van der Waals surface area contributed by atoms with E-state index in [0.29, 0.717) is 12.6 Å². The Morgan fingerprint density at radius 2 is 2.00 bits per heavy atom. The van der Waals surface area contributed by atoms with Crippen LogP contribution in [0.25, 0.3) is 0 Å². The van der Waals surface area contributed by atoms with E-state index in [-0.39, 0.29) is 24.0 Å². The van der Waals surface area contributed by atoms with Gasteiger partial charge in [-0.3, -0.25) is 0 Å². The van der Waals surface area contributed by atoms with Crippen molar-refractivity contribution in [3.63, 3.8) is 0 Å². The Balaban J connectivity index is 0.00000176. The number of nitrogens with zero attached hydrogens (tertiary/aromatic N) is 1. The molecule has 1 aromatic carbocycles. The number of nitrogens with one attached hydrogen (secondary N) is 2. The van der Waals surface area contributed by atoms with Gasteiger partial charge in [0.25, 0.3) is 0 Å². The van der Waals surface area contributed by atoms with E-state index < -0.39 is 0 Å². The van der Waals surface area contributed by atoms with Crippen LogP contribution < -0.4 is 15.4 Å². The first-order valence-corrected chi connectivity index (χ1v) is 8.10. The van der Waals surface area contributed by atoms with Crippen LogP contribution in [0.4, 0.5) is 0 Å². The zero-order valence-electron chi connectivity index (χ0n) is 13.2. The van der Waals surface area contributed by atoms with E-state index >= 15 is 0 Å². The summed E-state index contributed by atoms with van der Waals surface area (Å²) in [4.78, 5) is 4.68. The molecular weight excluding hydrogens is 389 g/mol. The highest BCUT2D eigenvalue weighted by atomic mass is 127. The lowest BCUT2D eigenvalue weighted by Crippen LogP contribution is -2.38. The Kier molecular flexibility index (Phi) is 6.79. The van der Waals surface area contributed by atoms with Gasteiger partial charge in [-0.15, -0.1) is 24.0 Å². The zero-order chi connectivity index (χ0) is 14.5. The van der Waals surface area contributed by atoms with Crippen LogP contribution in [0.3, 0.4) is 0 Å². The van der Waals surface area contributed by atoms with Gasteiger partial charge in [-0.2, -0.15) is 0 Å². The first kappa shape index (κ1) is 17.4. The molecule has 0 atom stereocenters. The predicted molar refractivity (Wildman–Crippen MR) is 101 cm³/mol. The van der Waals surface area contributed by atoms with Crippen LogP contribution >= 0.6 is 24.0 Å². The maximum Gasteiger partial charge on any atom is 0.191 e. The maximum atomic E-state index is 5.94. The quantitative estimate of drug-likeness (QED) is 0.408. The fourth-order valence-electron chi connectivity index (χ4n) is 2.17. The summed E-state index contributed by atoms with van der Waals surface area (Å²) < 4.78 is 5.94. The second kappa shape index (κ2) is 8.60. The molecule has 4 nitrogen and oxygen atoms in total. The third kappa shape index (κ3) is 5.66. The fourth-order valence-corrected chi connectivity index (χ4v) is 2.17. The molecule has 3 rings (SSSR count). The van der Waals surface area contributed by atoms with E-state index in [1.54, 1.807) is 0 Å². The van der Waals surface area contributed by atoms with Gasteiger partial charge in [0.15, 0.2) is 5.96 Å². The number of rotatable bonds is 7. The third-order valence-corrected chi connectivity index (χ3v) is 3.81. The van der Waals surface area contributed by atoms with Crippen molar-refractivity contribution in [2.75, 3.05) is 13.2 Å². The Labute approximate surface area is 150 Å². The molecule has 2 saturated carbocycles. The second-order valence-corrected chi connectivity index (χ2v) is 5.98. The third-order valence-electron chi connectivity index (χ3n) is 3.81. The standard InChI is InChI=1S/C17H25N3O.HI/c1-2-18-17(20-15-9-10-15)19-11-14-5-3-4-6-16(14)21-12-13-7-8-13;/h3-6,13,15H,2,7-12H2,1H3,(H2,18,19,20);1H. The van der Waals surface area contributed by atoms with Crippen molar-refractivity contribution in [1.29, 1.82) is 0 Å². The van der Waals surface area contributed by atoms with E-state index in [0.717, 1.165) is 36.3 Å². The van der Waals surface area contributed by atoms with Crippen LogP contribution in [0.5, 0.6) is 5.75 Å². The molecule has 0 aliphatic heterocycles. The van der Waals surface area contributed by atoms with Gasteiger partial charge < -0.3 is 15.4 Å². The van der Waals surface area contributed by atoms with Crippen molar-refractivity contribution < 1.29 is 4.74 Å². The first-order valence-electron chi connectivity index (χ1n) is 8.10. The molecule has 2 N–H and O–H groups in total. The summed E-state index contributed by atoms with van der Waals surface area (Å²) in [7, 11) is 0. The van der Waals surface area contributed by atoms with Crippen molar-refractivity contribution in [2.45, 2.75) is 45.2 Å². The Morgan fingerprint density at radius 1 is 1.23 bits per heavy atom. The molecule has 0 unspecified atom stereocenters. The van der Waals surface area contributed by atoms with Crippen LogP contribution in [-0.2, 0) is 6.54 Å². The summed E-state index contributed by atoms with van der Waals surface area (Å²) in [5.74, 6) is 2.67. The lowest BCUT2D eigenvalue weighted by molar-refractivity contribution is 0.297. The highest BCUT2D eigenvalue weighted by molar-refractivity contribution is 14.0. The molecule has 0 aromatic heterocycles. The monoisotopic (exact) mass is 415 g/mol. The Morgan fingerprint density at radius 3 is 2.68 bits per heavy atom. The van der Waals surface area contributed by atoms with Crippen LogP contribution in [0.1, 0.15) is 38.2 Å². The molecule has 5 heteroatoms. The van der Waals surface area contributed by atoms with E-state index in [1.807, 2.05) is 6.07 Å². The largest absolute Gasteiger partial charge is 0.493 e. The predicted octanol–water partition coefficient (Wildman–Crippen LogP) is 3.31. The fraction of sp³-hybridized carbons (Fsp3) is 0.588. The van der Waals surface area contributed by atoms with Crippen molar-refractivity contribution in [2.24, 2.45) is 10.9 Å². The van der Waals surface area contributed by atoms with Crippen molar-refractivity contribution in [3.05, 3.63) is 29.8 Å². The molecule has 0 bridgehead atoms. The minimum Gasteiger partial charge on any atom is -0.493 e. The maximum absolute atomic E-state index is 5.94. The molecular formula is C17H26IN3O. The lowest BCUT2D eigenvalue weighted by atomic mass is 10.2. The van der Waals surface area contributed by atoms with Crippen molar-refractivity contribution >= 4 is 29.9 Å². The molecule has 22 heavy (non-hydrogen) atoms. The first-order chi connectivity index (χ1) is 10.3. The van der Waals surface area contributed by atoms with Gasteiger partial charge in [-0.1, -0.05) is 18.2 Å². The topological polar surface area (TPSA) is 45.7 Å². The lowest BCUT2D eigenvalue weighted by Gasteiger charge is -2.12. The van der Waals surface area contributed by atoms with Gasteiger partial charge >= 0.3 is 0 Å². The molecule has 0 heterocycles. The molecule has 0 spiro atoms. The van der Waals surface area contributed by atoms with Crippen molar-refractivity contribution in [1.82, 2.24) is 10.6 Å². The average Bonchev–Trinajstić information content (AvgIpc) is 3.38. The zero-order valence-corrected chi connectivity index (χ0v) is 15.5. The molecule has 2 fully saturated rings. The van der Waals surface area contributed by atoms with Gasteiger partial charge in [0.1, 0.15) is 5.75 Å². The molecule has 122 valence electrons. The molecule has 0 amide bonds. The number of guanidine groups is 1. The normalized spacial score (nSPS) is 17.6. The number of benzene rings is 1. The number of ether oxygens (including phenoxy) is 1. The average molecular weight is 415 g/mol. The van der Waals surface area contributed by atoms with Crippen LogP contribution in [0.15, 0.2) is 29.3 Å². The Hall–Kier alpha value is -0.980. The molecule has 1 aromatic rings. The van der Waals surface area contributed by atoms with Gasteiger partial charge in [0, 0.05) is 18.2 Å². The number of halogens is 1. The van der Waals surface area contributed by atoms with E-state index in [2.05, 4.69) is 40.7 Å². The van der Waals surface area contributed by atoms with Gasteiger partial charge in [-0.25, -0.2) is 4.99 Å². The van der Waals surface area contributed by atoms with Crippen LogP contribution in [0, 0.1) is 5.92 Å². The highest BCUT2D eigenvalue weighted by Crippen LogP contribution is 2.30. The van der Waals surface area contributed by atoms with Crippen LogP contribution in [0.2, 0.25) is 0 Å². The molecule has 2 aliphatic rings. The minimum absolute atomic E-state index is 0. The molecule has 0 radical (unpaired) electrons. The Bertz CT molecular complexity index is 498. The summed E-state index contributed by atoms with van der Waals surface area (Å²) in [6, 6.07) is 8.85. The van der Waals surface area contributed by atoms with Crippen LogP contribution in [-0.4, -0.2) is 25.2 Å². The summed E-state index contributed by atoms with van der Waals surface area (Å²) in [5, 5.41) is 6.74. The van der Waals surface area contributed by atoms with Gasteiger partial charge in [-0.05, 0) is 44.6 Å². The van der Waals surface area contributed by atoms with Gasteiger partial charge in [0.2, 0.25) is 0 Å².